The standard InChI is InChI=1S/C10H8ClIO/c1-2-3-10(13)8-6-7(11)4-5-9(8)12/h1,4-6,10,13H,3H2. The number of benzene rings is 1. The van der Waals surface area contributed by atoms with Gasteiger partial charge < -0.3 is 5.11 Å². The lowest BCUT2D eigenvalue weighted by atomic mass is 10.1. The van der Waals surface area contributed by atoms with E-state index in [0.29, 0.717) is 11.4 Å². The van der Waals surface area contributed by atoms with Gasteiger partial charge in [-0.1, -0.05) is 11.6 Å². The Bertz CT molecular complexity index is 343. The maximum Gasteiger partial charge on any atom is 0.0909 e. The van der Waals surface area contributed by atoms with Crippen molar-refractivity contribution in [2.24, 2.45) is 0 Å². The molecule has 0 saturated heterocycles. The lowest BCUT2D eigenvalue weighted by Gasteiger charge is -2.09. The molecule has 0 amide bonds. The van der Waals surface area contributed by atoms with Gasteiger partial charge in [0.05, 0.1) is 6.10 Å². The zero-order valence-electron chi connectivity index (χ0n) is 6.80. The predicted molar refractivity (Wildman–Crippen MR) is 62.6 cm³/mol. The monoisotopic (exact) mass is 306 g/mol. The van der Waals surface area contributed by atoms with Crippen LogP contribution in [0.25, 0.3) is 0 Å². The predicted octanol–water partition coefficient (Wildman–Crippen LogP) is 3.00. The van der Waals surface area contributed by atoms with Crippen molar-refractivity contribution in [1.82, 2.24) is 0 Å². The van der Waals surface area contributed by atoms with Gasteiger partial charge in [0.2, 0.25) is 0 Å². The third-order valence-corrected chi connectivity index (χ3v) is 2.85. The SMILES string of the molecule is C#CCC(O)c1cc(Cl)ccc1I. The van der Waals surface area contributed by atoms with Crippen LogP contribution in [0.4, 0.5) is 0 Å². The Morgan fingerprint density at radius 3 is 2.92 bits per heavy atom. The summed E-state index contributed by atoms with van der Waals surface area (Å²) in [5.41, 5.74) is 0.797. The average molecular weight is 307 g/mol. The smallest absolute Gasteiger partial charge is 0.0909 e. The van der Waals surface area contributed by atoms with Gasteiger partial charge >= 0.3 is 0 Å². The fraction of sp³-hybridized carbons (Fsp3) is 0.200. The number of halogens is 2. The summed E-state index contributed by atoms with van der Waals surface area (Å²) in [4.78, 5) is 0. The second-order valence-corrected chi connectivity index (χ2v) is 4.19. The molecule has 1 unspecified atom stereocenters. The molecule has 1 nitrogen and oxygen atoms in total. The lowest BCUT2D eigenvalue weighted by molar-refractivity contribution is 0.183. The van der Waals surface area contributed by atoms with Crippen molar-refractivity contribution >= 4 is 34.2 Å². The number of terminal acetylenes is 1. The lowest BCUT2D eigenvalue weighted by Crippen LogP contribution is -1.98. The van der Waals surface area contributed by atoms with Crippen molar-refractivity contribution in [2.75, 3.05) is 0 Å². The Morgan fingerprint density at radius 1 is 1.62 bits per heavy atom. The largest absolute Gasteiger partial charge is 0.387 e. The van der Waals surface area contributed by atoms with Crippen LogP contribution in [0.5, 0.6) is 0 Å². The molecule has 0 spiro atoms. The summed E-state index contributed by atoms with van der Waals surface area (Å²) in [6.07, 6.45) is 4.81. The molecule has 0 aromatic heterocycles. The van der Waals surface area contributed by atoms with E-state index in [9.17, 15) is 5.11 Å². The van der Waals surface area contributed by atoms with E-state index >= 15 is 0 Å². The van der Waals surface area contributed by atoms with Crippen LogP contribution < -0.4 is 0 Å². The summed E-state index contributed by atoms with van der Waals surface area (Å²) in [5.74, 6) is 2.42. The first-order chi connectivity index (χ1) is 6.15. The van der Waals surface area contributed by atoms with E-state index in [1.807, 2.05) is 6.07 Å². The average Bonchev–Trinajstić information content (AvgIpc) is 2.09. The summed E-state index contributed by atoms with van der Waals surface area (Å²) in [6, 6.07) is 5.39. The normalized spacial score (nSPS) is 12.2. The van der Waals surface area contributed by atoms with Crippen LogP contribution in [0.2, 0.25) is 5.02 Å². The first kappa shape index (κ1) is 10.8. The molecule has 0 radical (unpaired) electrons. The van der Waals surface area contributed by atoms with Gasteiger partial charge in [-0.15, -0.1) is 12.3 Å². The zero-order valence-corrected chi connectivity index (χ0v) is 9.71. The fourth-order valence-corrected chi connectivity index (χ4v) is 1.87. The van der Waals surface area contributed by atoms with Gasteiger partial charge in [-0.05, 0) is 46.4 Å². The molecular weight excluding hydrogens is 298 g/mol. The van der Waals surface area contributed by atoms with Crippen molar-refractivity contribution in [2.45, 2.75) is 12.5 Å². The molecule has 1 N–H and O–H groups in total. The van der Waals surface area contributed by atoms with Gasteiger partial charge in [-0.25, -0.2) is 0 Å². The molecule has 1 atom stereocenters. The van der Waals surface area contributed by atoms with Crippen LogP contribution in [0.1, 0.15) is 18.1 Å². The molecule has 0 fully saturated rings. The van der Waals surface area contributed by atoms with Gasteiger partial charge in [-0.3, -0.25) is 0 Å². The van der Waals surface area contributed by atoms with E-state index < -0.39 is 6.10 Å². The first-order valence-electron chi connectivity index (χ1n) is 3.71. The highest BCUT2D eigenvalue weighted by Crippen LogP contribution is 2.25. The number of aliphatic hydroxyl groups excluding tert-OH is 1. The molecule has 0 aliphatic carbocycles. The van der Waals surface area contributed by atoms with E-state index in [2.05, 4.69) is 28.5 Å². The molecule has 1 rings (SSSR count). The molecular formula is C10H8ClIO. The summed E-state index contributed by atoms with van der Waals surface area (Å²) < 4.78 is 0.977. The Kier molecular flexibility index (Phi) is 4.04. The van der Waals surface area contributed by atoms with Crippen LogP contribution in [-0.4, -0.2) is 5.11 Å². The minimum absolute atomic E-state index is 0.316. The Labute approximate surface area is 96.2 Å². The van der Waals surface area contributed by atoms with Gasteiger partial charge in [0.1, 0.15) is 0 Å². The van der Waals surface area contributed by atoms with Crippen molar-refractivity contribution in [3.63, 3.8) is 0 Å². The third-order valence-electron chi connectivity index (χ3n) is 1.63. The molecule has 0 bridgehead atoms. The van der Waals surface area contributed by atoms with Crippen molar-refractivity contribution in [1.29, 1.82) is 0 Å². The van der Waals surface area contributed by atoms with Crippen molar-refractivity contribution < 1.29 is 5.11 Å². The summed E-state index contributed by atoms with van der Waals surface area (Å²) in [6.45, 7) is 0. The van der Waals surface area contributed by atoms with Crippen LogP contribution in [0.3, 0.4) is 0 Å². The third kappa shape index (κ3) is 2.87. The van der Waals surface area contributed by atoms with E-state index in [0.717, 1.165) is 9.13 Å². The highest BCUT2D eigenvalue weighted by atomic mass is 127. The molecule has 3 heteroatoms. The number of rotatable bonds is 2. The zero-order chi connectivity index (χ0) is 9.84. The maximum absolute atomic E-state index is 9.62. The Morgan fingerprint density at radius 2 is 2.31 bits per heavy atom. The van der Waals surface area contributed by atoms with Crippen molar-refractivity contribution in [3.8, 4) is 12.3 Å². The topological polar surface area (TPSA) is 20.2 Å². The van der Waals surface area contributed by atoms with E-state index in [1.54, 1.807) is 12.1 Å². The summed E-state index contributed by atoms with van der Waals surface area (Å²) in [7, 11) is 0. The van der Waals surface area contributed by atoms with E-state index in [1.165, 1.54) is 0 Å². The first-order valence-corrected chi connectivity index (χ1v) is 5.17. The van der Waals surface area contributed by atoms with Crippen LogP contribution in [-0.2, 0) is 0 Å². The maximum atomic E-state index is 9.62. The van der Waals surface area contributed by atoms with Crippen LogP contribution in [0, 0.1) is 15.9 Å². The minimum Gasteiger partial charge on any atom is -0.387 e. The highest BCUT2D eigenvalue weighted by molar-refractivity contribution is 14.1. The second-order valence-electron chi connectivity index (χ2n) is 2.59. The second kappa shape index (κ2) is 4.85. The molecule has 1 aromatic carbocycles. The Balaban J connectivity index is 3.00. The summed E-state index contributed by atoms with van der Waals surface area (Å²) >= 11 is 7.94. The van der Waals surface area contributed by atoms with Crippen molar-refractivity contribution in [3.05, 3.63) is 32.4 Å². The fourth-order valence-electron chi connectivity index (χ4n) is 0.992. The van der Waals surface area contributed by atoms with E-state index in [4.69, 9.17) is 18.0 Å². The molecule has 0 heterocycles. The number of aliphatic hydroxyl groups is 1. The molecule has 13 heavy (non-hydrogen) atoms. The van der Waals surface area contributed by atoms with Crippen LogP contribution >= 0.6 is 34.2 Å². The quantitative estimate of drug-likeness (QED) is 0.658. The molecule has 1 aromatic rings. The van der Waals surface area contributed by atoms with Crippen LogP contribution in [0.15, 0.2) is 18.2 Å². The highest BCUT2D eigenvalue weighted by Gasteiger charge is 2.09. The van der Waals surface area contributed by atoms with Gasteiger partial charge in [-0.2, -0.15) is 0 Å². The van der Waals surface area contributed by atoms with Gasteiger partial charge in [0.15, 0.2) is 0 Å². The van der Waals surface area contributed by atoms with Gasteiger partial charge in [0, 0.05) is 15.0 Å². The molecule has 0 saturated carbocycles. The summed E-state index contributed by atoms with van der Waals surface area (Å²) in [5, 5.41) is 10.2. The Hall–Kier alpha value is -0.240. The molecule has 68 valence electrons. The minimum atomic E-state index is -0.615. The van der Waals surface area contributed by atoms with Gasteiger partial charge in [0.25, 0.3) is 0 Å². The molecule has 0 aliphatic rings. The number of hydrogen-bond donors (Lipinski definition) is 1. The van der Waals surface area contributed by atoms with E-state index in [-0.39, 0.29) is 0 Å². The molecule has 0 aliphatic heterocycles. The number of hydrogen-bond acceptors (Lipinski definition) is 1.